The molecular formula is C19H28N2O3S. The summed E-state index contributed by atoms with van der Waals surface area (Å²) in [6, 6.07) is 7.78. The molecule has 0 aliphatic carbocycles. The third-order valence-corrected chi connectivity index (χ3v) is 6.07. The highest BCUT2D eigenvalue weighted by molar-refractivity contribution is 7.99. The predicted molar refractivity (Wildman–Crippen MR) is 101 cm³/mol. The van der Waals surface area contributed by atoms with Gasteiger partial charge in [0.2, 0.25) is 0 Å². The summed E-state index contributed by atoms with van der Waals surface area (Å²) in [5, 5.41) is 3.12. The lowest BCUT2D eigenvalue weighted by molar-refractivity contribution is -0.124. The van der Waals surface area contributed by atoms with E-state index in [-0.39, 0.29) is 18.1 Å². The molecule has 0 spiro atoms. The fourth-order valence-corrected chi connectivity index (χ4v) is 4.81. The van der Waals surface area contributed by atoms with Crippen LogP contribution in [0.4, 0.5) is 0 Å². The van der Waals surface area contributed by atoms with Crippen LogP contribution in [0.2, 0.25) is 0 Å². The van der Waals surface area contributed by atoms with Crippen molar-refractivity contribution >= 4 is 17.7 Å². The maximum atomic E-state index is 12.3. The van der Waals surface area contributed by atoms with Crippen LogP contribution in [0.1, 0.15) is 18.4 Å². The molecule has 0 saturated carbocycles. The number of carbonyl (C=O) groups is 1. The zero-order valence-corrected chi connectivity index (χ0v) is 15.8. The van der Waals surface area contributed by atoms with Gasteiger partial charge in [-0.15, -0.1) is 0 Å². The lowest BCUT2D eigenvalue weighted by Gasteiger charge is -2.48. The standard InChI is InChI=1S/C19H28N2O3S/c1-16-3-2-4-17(13-16)24-14-18(22)20-15-19(5-11-25-12-6-19)21-7-9-23-10-8-21/h2-4,13H,5-12,14-15H2,1H3,(H,20,22). The van der Waals surface area contributed by atoms with Crippen molar-refractivity contribution in [2.24, 2.45) is 0 Å². The molecule has 5 nitrogen and oxygen atoms in total. The normalized spacial score (nSPS) is 20.8. The molecule has 25 heavy (non-hydrogen) atoms. The molecule has 2 fully saturated rings. The summed E-state index contributed by atoms with van der Waals surface area (Å²) in [7, 11) is 0. The van der Waals surface area contributed by atoms with Gasteiger partial charge in [0.25, 0.3) is 5.91 Å². The number of hydrogen-bond acceptors (Lipinski definition) is 5. The third-order valence-electron chi connectivity index (χ3n) is 5.08. The smallest absolute Gasteiger partial charge is 0.258 e. The molecule has 2 saturated heterocycles. The molecule has 1 N–H and O–H groups in total. The molecule has 0 unspecified atom stereocenters. The van der Waals surface area contributed by atoms with Crippen LogP contribution in [-0.2, 0) is 9.53 Å². The van der Waals surface area contributed by atoms with Crippen LogP contribution in [0.15, 0.2) is 24.3 Å². The first-order valence-electron chi connectivity index (χ1n) is 9.05. The monoisotopic (exact) mass is 364 g/mol. The van der Waals surface area contributed by atoms with Gasteiger partial charge in [0.15, 0.2) is 6.61 Å². The zero-order valence-electron chi connectivity index (χ0n) is 15.0. The van der Waals surface area contributed by atoms with Crippen LogP contribution in [-0.4, -0.2) is 67.3 Å². The van der Waals surface area contributed by atoms with Crippen LogP contribution < -0.4 is 10.1 Å². The molecule has 2 aliphatic heterocycles. The van der Waals surface area contributed by atoms with Gasteiger partial charge in [-0.1, -0.05) is 12.1 Å². The number of thioether (sulfide) groups is 1. The molecule has 2 aliphatic rings. The van der Waals surface area contributed by atoms with Crippen molar-refractivity contribution in [2.45, 2.75) is 25.3 Å². The summed E-state index contributed by atoms with van der Waals surface area (Å²) in [6.45, 7) is 6.28. The van der Waals surface area contributed by atoms with Crippen molar-refractivity contribution < 1.29 is 14.3 Å². The lowest BCUT2D eigenvalue weighted by Crippen LogP contribution is -2.60. The molecule has 0 radical (unpaired) electrons. The number of morpholine rings is 1. The number of benzene rings is 1. The Labute approximate surface area is 154 Å². The van der Waals surface area contributed by atoms with E-state index in [0.29, 0.717) is 6.54 Å². The average molecular weight is 365 g/mol. The first-order chi connectivity index (χ1) is 12.2. The Hall–Kier alpha value is -1.24. The highest BCUT2D eigenvalue weighted by Crippen LogP contribution is 2.32. The highest BCUT2D eigenvalue weighted by atomic mass is 32.2. The van der Waals surface area contributed by atoms with E-state index in [9.17, 15) is 4.79 Å². The minimum absolute atomic E-state index is 0.0487. The van der Waals surface area contributed by atoms with E-state index < -0.39 is 0 Å². The van der Waals surface area contributed by atoms with Crippen LogP contribution in [0.25, 0.3) is 0 Å². The fraction of sp³-hybridized carbons (Fsp3) is 0.632. The Morgan fingerprint density at radius 1 is 1.32 bits per heavy atom. The van der Waals surface area contributed by atoms with Crippen molar-refractivity contribution in [2.75, 3.05) is 51.0 Å². The van der Waals surface area contributed by atoms with Gasteiger partial charge in [0, 0.05) is 25.2 Å². The summed E-state index contributed by atoms with van der Waals surface area (Å²) in [4.78, 5) is 14.8. The maximum absolute atomic E-state index is 12.3. The van der Waals surface area contributed by atoms with Crippen LogP contribution in [0.5, 0.6) is 5.75 Å². The first-order valence-corrected chi connectivity index (χ1v) is 10.2. The Morgan fingerprint density at radius 3 is 2.80 bits per heavy atom. The van der Waals surface area contributed by atoms with Gasteiger partial charge in [-0.05, 0) is 49.0 Å². The Morgan fingerprint density at radius 2 is 2.08 bits per heavy atom. The number of nitrogens with zero attached hydrogens (tertiary/aromatic N) is 1. The number of hydrogen-bond donors (Lipinski definition) is 1. The number of nitrogens with one attached hydrogen (secondary N) is 1. The van der Waals surface area contributed by atoms with E-state index in [4.69, 9.17) is 9.47 Å². The summed E-state index contributed by atoms with van der Waals surface area (Å²) < 4.78 is 11.1. The topological polar surface area (TPSA) is 50.8 Å². The minimum atomic E-state index is -0.0487. The third kappa shape index (κ3) is 5.12. The van der Waals surface area contributed by atoms with Crippen molar-refractivity contribution in [3.05, 3.63) is 29.8 Å². The fourth-order valence-electron chi connectivity index (χ4n) is 3.56. The maximum Gasteiger partial charge on any atom is 0.258 e. The van der Waals surface area contributed by atoms with Crippen molar-refractivity contribution in [3.8, 4) is 5.75 Å². The molecular weight excluding hydrogens is 336 g/mol. The van der Waals surface area contributed by atoms with Gasteiger partial charge in [-0.3, -0.25) is 9.69 Å². The number of rotatable bonds is 6. The van der Waals surface area contributed by atoms with E-state index in [1.165, 1.54) is 0 Å². The van der Waals surface area contributed by atoms with Crippen LogP contribution in [0.3, 0.4) is 0 Å². The predicted octanol–water partition coefficient (Wildman–Crippen LogP) is 2.09. The molecule has 1 amide bonds. The summed E-state index contributed by atoms with van der Waals surface area (Å²) in [5.74, 6) is 3.01. The second-order valence-electron chi connectivity index (χ2n) is 6.82. The summed E-state index contributed by atoms with van der Waals surface area (Å²) >= 11 is 2.01. The molecule has 0 aromatic heterocycles. The molecule has 2 heterocycles. The number of aryl methyl sites for hydroxylation is 1. The SMILES string of the molecule is Cc1cccc(OCC(=O)NCC2(N3CCOCC3)CCSCC2)c1. The molecule has 3 rings (SSSR count). The van der Waals surface area contributed by atoms with Gasteiger partial charge in [-0.25, -0.2) is 0 Å². The van der Waals surface area contributed by atoms with Crippen molar-refractivity contribution in [3.63, 3.8) is 0 Å². The van der Waals surface area contributed by atoms with E-state index in [2.05, 4.69) is 10.2 Å². The Balaban J connectivity index is 1.52. The van der Waals surface area contributed by atoms with Crippen LogP contribution in [0, 0.1) is 6.92 Å². The van der Waals surface area contributed by atoms with Gasteiger partial charge < -0.3 is 14.8 Å². The van der Waals surface area contributed by atoms with Gasteiger partial charge in [0.05, 0.1) is 13.2 Å². The zero-order chi connectivity index (χ0) is 17.5. The molecule has 138 valence electrons. The molecule has 0 bridgehead atoms. The molecule has 1 aromatic carbocycles. The molecule has 6 heteroatoms. The average Bonchev–Trinajstić information content (AvgIpc) is 2.66. The van der Waals surface area contributed by atoms with Crippen molar-refractivity contribution in [1.82, 2.24) is 10.2 Å². The number of amides is 1. The quantitative estimate of drug-likeness (QED) is 0.838. The number of carbonyl (C=O) groups excluding carboxylic acids is 1. The molecule has 0 atom stereocenters. The first kappa shape index (κ1) is 18.5. The van der Waals surface area contributed by atoms with Crippen molar-refractivity contribution in [1.29, 1.82) is 0 Å². The van der Waals surface area contributed by atoms with E-state index in [0.717, 1.165) is 62.0 Å². The highest BCUT2D eigenvalue weighted by Gasteiger charge is 2.39. The largest absolute Gasteiger partial charge is 0.484 e. The van der Waals surface area contributed by atoms with E-state index in [1.807, 2.05) is 43.0 Å². The Kier molecular flexibility index (Phi) is 6.62. The second kappa shape index (κ2) is 8.92. The molecule has 1 aromatic rings. The minimum Gasteiger partial charge on any atom is -0.484 e. The summed E-state index contributed by atoms with van der Waals surface area (Å²) in [6.07, 6.45) is 2.24. The summed E-state index contributed by atoms with van der Waals surface area (Å²) in [5.41, 5.74) is 1.21. The van der Waals surface area contributed by atoms with E-state index >= 15 is 0 Å². The Bertz CT molecular complexity index is 570. The van der Waals surface area contributed by atoms with Crippen LogP contribution >= 0.6 is 11.8 Å². The van der Waals surface area contributed by atoms with Gasteiger partial charge >= 0.3 is 0 Å². The second-order valence-corrected chi connectivity index (χ2v) is 8.04. The number of ether oxygens (including phenoxy) is 2. The van der Waals surface area contributed by atoms with E-state index in [1.54, 1.807) is 0 Å². The lowest BCUT2D eigenvalue weighted by atomic mass is 9.89. The van der Waals surface area contributed by atoms with Gasteiger partial charge in [-0.2, -0.15) is 11.8 Å². The van der Waals surface area contributed by atoms with Gasteiger partial charge in [0.1, 0.15) is 5.75 Å².